The SMILES string of the molecule is O=C1CCC(N2Cc3cc(CNC(=O)[C@@H](CNC(=O)C4CCCC4)c4ccc(Cl)cc4)ccc3C2=O)C(=O)N1. The fraction of sp³-hybridized carbons (Fsp3) is 0.414. The first kappa shape index (κ1) is 26.9. The molecular formula is C29H31ClN4O5. The van der Waals surface area contributed by atoms with Crippen molar-refractivity contribution in [3.63, 3.8) is 0 Å². The van der Waals surface area contributed by atoms with Crippen molar-refractivity contribution >= 4 is 41.1 Å². The van der Waals surface area contributed by atoms with Gasteiger partial charge in [0.15, 0.2) is 0 Å². The molecule has 3 aliphatic rings. The van der Waals surface area contributed by atoms with Crippen LogP contribution in [-0.2, 0) is 32.3 Å². The maximum Gasteiger partial charge on any atom is 0.255 e. The number of amides is 5. The topological polar surface area (TPSA) is 125 Å². The minimum absolute atomic E-state index is 0.00721. The third-order valence-electron chi connectivity index (χ3n) is 7.85. The Bertz CT molecular complexity index is 1310. The van der Waals surface area contributed by atoms with E-state index >= 15 is 0 Å². The van der Waals surface area contributed by atoms with E-state index < -0.39 is 17.9 Å². The molecule has 2 aromatic carbocycles. The largest absolute Gasteiger partial charge is 0.355 e. The van der Waals surface area contributed by atoms with E-state index in [2.05, 4.69) is 16.0 Å². The zero-order valence-electron chi connectivity index (χ0n) is 21.5. The van der Waals surface area contributed by atoms with Gasteiger partial charge in [-0.05, 0) is 54.2 Å². The first-order valence-corrected chi connectivity index (χ1v) is 13.8. The molecule has 10 heteroatoms. The van der Waals surface area contributed by atoms with Gasteiger partial charge in [0, 0.05) is 42.6 Å². The van der Waals surface area contributed by atoms with Crippen LogP contribution in [0.1, 0.15) is 71.5 Å². The number of fused-ring (bicyclic) bond motifs is 1. The molecule has 2 heterocycles. The lowest BCUT2D eigenvalue weighted by atomic mass is 9.97. The zero-order chi connectivity index (χ0) is 27.5. The van der Waals surface area contributed by atoms with Crippen LogP contribution in [0.3, 0.4) is 0 Å². The lowest BCUT2D eigenvalue weighted by Crippen LogP contribution is -2.52. The highest BCUT2D eigenvalue weighted by atomic mass is 35.5. The molecule has 39 heavy (non-hydrogen) atoms. The summed E-state index contributed by atoms with van der Waals surface area (Å²) in [5.74, 6) is -1.84. The van der Waals surface area contributed by atoms with Gasteiger partial charge in [-0.2, -0.15) is 0 Å². The van der Waals surface area contributed by atoms with E-state index in [4.69, 9.17) is 11.6 Å². The standard InChI is InChI=1S/C29H31ClN4O5/c30-21-8-6-18(7-9-21)23(15-32-26(36)19-3-1-2-4-19)27(37)31-14-17-5-10-22-20(13-17)16-34(29(22)39)24-11-12-25(35)33-28(24)38/h5-10,13,19,23-24H,1-4,11-12,14-16H2,(H,31,37)(H,32,36)(H,33,35,38)/t23-,24?/m0/s1. The summed E-state index contributed by atoms with van der Waals surface area (Å²) in [5.41, 5.74) is 2.85. The third kappa shape index (κ3) is 5.98. The minimum atomic E-state index is -0.676. The Kier molecular flexibility index (Phi) is 7.97. The molecule has 0 spiro atoms. The Morgan fingerprint density at radius 1 is 1.00 bits per heavy atom. The van der Waals surface area contributed by atoms with E-state index in [1.807, 2.05) is 6.07 Å². The molecule has 2 aromatic rings. The van der Waals surface area contributed by atoms with Gasteiger partial charge in [0.05, 0.1) is 5.92 Å². The van der Waals surface area contributed by atoms with Crippen molar-refractivity contribution in [1.82, 2.24) is 20.9 Å². The summed E-state index contributed by atoms with van der Waals surface area (Å²) in [7, 11) is 0. The Labute approximate surface area is 231 Å². The van der Waals surface area contributed by atoms with Crippen molar-refractivity contribution in [2.75, 3.05) is 6.54 Å². The molecule has 1 saturated carbocycles. The van der Waals surface area contributed by atoms with Crippen LogP contribution in [-0.4, -0.2) is 47.0 Å². The lowest BCUT2D eigenvalue weighted by molar-refractivity contribution is -0.137. The molecule has 0 bridgehead atoms. The Morgan fingerprint density at radius 2 is 1.74 bits per heavy atom. The Hall–Kier alpha value is -3.72. The van der Waals surface area contributed by atoms with Crippen LogP contribution in [0.15, 0.2) is 42.5 Å². The zero-order valence-corrected chi connectivity index (χ0v) is 22.3. The lowest BCUT2D eigenvalue weighted by Gasteiger charge is -2.29. The van der Waals surface area contributed by atoms with Gasteiger partial charge in [-0.3, -0.25) is 29.3 Å². The molecule has 2 aliphatic heterocycles. The van der Waals surface area contributed by atoms with Crippen molar-refractivity contribution in [3.05, 3.63) is 69.7 Å². The van der Waals surface area contributed by atoms with Gasteiger partial charge in [-0.25, -0.2) is 0 Å². The number of nitrogens with zero attached hydrogens (tertiary/aromatic N) is 1. The molecule has 1 saturated heterocycles. The van der Waals surface area contributed by atoms with E-state index in [-0.39, 0.29) is 55.6 Å². The van der Waals surface area contributed by atoms with Crippen LogP contribution >= 0.6 is 11.6 Å². The van der Waals surface area contributed by atoms with Crippen molar-refractivity contribution in [3.8, 4) is 0 Å². The van der Waals surface area contributed by atoms with Gasteiger partial charge in [0.2, 0.25) is 23.6 Å². The van der Waals surface area contributed by atoms with E-state index in [1.165, 1.54) is 4.90 Å². The number of imide groups is 1. The van der Waals surface area contributed by atoms with Gasteiger partial charge in [-0.1, -0.05) is 48.7 Å². The molecule has 204 valence electrons. The number of benzene rings is 2. The first-order chi connectivity index (χ1) is 18.8. The predicted octanol–water partition coefficient (Wildman–Crippen LogP) is 2.81. The molecule has 5 amide bonds. The average Bonchev–Trinajstić information content (AvgIpc) is 3.57. The van der Waals surface area contributed by atoms with Gasteiger partial charge in [-0.15, -0.1) is 0 Å². The van der Waals surface area contributed by atoms with Crippen molar-refractivity contribution in [2.45, 2.75) is 63.6 Å². The first-order valence-electron chi connectivity index (χ1n) is 13.4. The number of carbonyl (C=O) groups is 5. The monoisotopic (exact) mass is 550 g/mol. The average molecular weight is 551 g/mol. The highest BCUT2D eigenvalue weighted by molar-refractivity contribution is 6.30. The van der Waals surface area contributed by atoms with Gasteiger partial charge < -0.3 is 15.5 Å². The molecule has 1 unspecified atom stereocenters. The highest BCUT2D eigenvalue weighted by Gasteiger charge is 2.39. The van der Waals surface area contributed by atoms with E-state index in [9.17, 15) is 24.0 Å². The molecular weight excluding hydrogens is 520 g/mol. The van der Waals surface area contributed by atoms with E-state index in [0.717, 1.165) is 42.4 Å². The normalized spacial score (nSPS) is 20.0. The second-order valence-corrected chi connectivity index (χ2v) is 10.9. The van der Waals surface area contributed by atoms with Gasteiger partial charge in [0.25, 0.3) is 5.91 Å². The molecule has 5 rings (SSSR count). The highest BCUT2D eigenvalue weighted by Crippen LogP contribution is 2.29. The number of nitrogens with one attached hydrogen (secondary N) is 3. The quantitative estimate of drug-likeness (QED) is 0.436. The molecule has 2 fully saturated rings. The van der Waals surface area contributed by atoms with Crippen molar-refractivity contribution in [1.29, 1.82) is 0 Å². The summed E-state index contributed by atoms with van der Waals surface area (Å²) in [6.07, 6.45) is 4.37. The predicted molar refractivity (Wildman–Crippen MR) is 143 cm³/mol. The Balaban J connectivity index is 1.24. The molecule has 0 radical (unpaired) electrons. The number of halogens is 1. The fourth-order valence-electron chi connectivity index (χ4n) is 5.64. The molecule has 9 nitrogen and oxygen atoms in total. The second kappa shape index (κ2) is 11.6. The van der Waals surface area contributed by atoms with Crippen LogP contribution in [0.2, 0.25) is 5.02 Å². The number of hydrogen-bond acceptors (Lipinski definition) is 5. The van der Waals surface area contributed by atoms with Crippen LogP contribution < -0.4 is 16.0 Å². The van der Waals surface area contributed by atoms with Crippen LogP contribution in [0.25, 0.3) is 0 Å². The summed E-state index contributed by atoms with van der Waals surface area (Å²) < 4.78 is 0. The maximum atomic E-state index is 13.3. The van der Waals surface area contributed by atoms with Crippen molar-refractivity contribution < 1.29 is 24.0 Å². The fourth-order valence-corrected chi connectivity index (χ4v) is 5.77. The van der Waals surface area contributed by atoms with Crippen LogP contribution in [0.5, 0.6) is 0 Å². The van der Waals surface area contributed by atoms with E-state index in [1.54, 1.807) is 36.4 Å². The smallest absolute Gasteiger partial charge is 0.255 e. The number of piperidine rings is 1. The van der Waals surface area contributed by atoms with Crippen LogP contribution in [0.4, 0.5) is 0 Å². The number of hydrogen-bond donors (Lipinski definition) is 3. The number of carbonyl (C=O) groups excluding carboxylic acids is 5. The molecule has 3 N–H and O–H groups in total. The number of rotatable bonds is 8. The minimum Gasteiger partial charge on any atom is -0.355 e. The third-order valence-corrected chi connectivity index (χ3v) is 8.10. The summed E-state index contributed by atoms with van der Waals surface area (Å²) >= 11 is 6.05. The Morgan fingerprint density at radius 3 is 2.46 bits per heavy atom. The summed E-state index contributed by atoms with van der Waals surface area (Å²) in [6.45, 7) is 0.685. The summed E-state index contributed by atoms with van der Waals surface area (Å²) in [5, 5.41) is 8.81. The van der Waals surface area contributed by atoms with E-state index in [0.29, 0.717) is 17.0 Å². The summed E-state index contributed by atoms with van der Waals surface area (Å²) in [4.78, 5) is 64.2. The summed E-state index contributed by atoms with van der Waals surface area (Å²) in [6, 6.07) is 11.7. The van der Waals surface area contributed by atoms with Gasteiger partial charge in [0.1, 0.15) is 6.04 Å². The van der Waals surface area contributed by atoms with Crippen LogP contribution in [0, 0.1) is 5.92 Å². The molecule has 1 aliphatic carbocycles. The molecule has 2 atom stereocenters. The second-order valence-electron chi connectivity index (χ2n) is 10.4. The van der Waals surface area contributed by atoms with Gasteiger partial charge >= 0.3 is 0 Å². The van der Waals surface area contributed by atoms with Crippen molar-refractivity contribution in [2.24, 2.45) is 5.92 Å². The molecule has 0 aromatic heterocycles. The maximum absolute atomic E-state index is 13.3.